The van der Waals surface area contributed by atoms with Crippen LogP contribution in [0.25, 0.3) is 5.69 Å². The van der Waals surface area contributed by atoms with Crippen molar-refractivity contribution in [1.29, 1.82) is 0 Å². The average molecular weight is 462 g/mol. The van der Waals surface area contributed by atoms with E-state index in [-0.39, 0.29) is 16.6 Å². The molecule has 3 rings (SSSR count). The number of amides is 1. The van der Waals surface area contributed by atoms with Crippen LogP contribution < -0.4 is 10.1 Å². The van der Waals surface area contributed by atoms with Gasteiger partial charge in [-0.05, 0) is 36.8 Å². The minimum atomic E-state index is -3.60. The van der Waals surface area contributed by atoms with Gasteiger partial charge in [0.1, 0.15) is 12.1 Å². The van der Waals surface area contributed by atoms with E-state index in [0.29, 0.717) is 16.6 Å². The van der Waals surface area contributed by atoms with E-state index in [2.05, 4.69) is 15.5 Å². The lowest BCUT2D eigenvalue weighted by molar-refractivity contribution is -0.113. The minimum Gasteiger partial charge on any atom is -0.497 e. The molecule has 0 aliphatic rings. The first-order chi connectivity index (χ1) is 14.7. The standard InChI is InChI=1S/C20H23N5O4S2/c1-14-8-9-17(31(27,28)24(2)3)11-18(14)22-19(26)12-30-20-23-21-13-25(20)15-6-5-7-16(10-15)29-4/h5-11,13H,12H2,1-4H3,(H,22,26). The van der Waals surface area contributed by atoms with E-state index >= 15 is 0 Å². The SMILES string of the molecule is COc1cccc(-n2cnnc2SCC(=O)Nc2cc(S(=O)(=O)N(C)C)ccc2C)c1. The van der Waals surface area contributed by atoms with Gasteiger partial charge in [-0.3, -0.25) is 9.36 Å². The second-order valence-corrected chi connectivity index (χ2v) is 9.88. The summed E-state index contributed by atoms with van der Waals surface area (Å²) < 4.78 is 32.9. The zero-order valence-electron chi connectivity index (χ0n) is 17.6. The number of nitrogens with one attached hydrogen (secondary N) is 1. The van der Waals surface area contributed by atoms with Crippen molar-refractivity contribution in [3.63, 3.8) is 0 Å². The van der Waals surface area contributed by atoms with Crippen LogP contribution in [0.2, 0.25) is 0 Å². The third kappa shape index (κ3) is 5.24. The molecule has 3 aromatic rings. The number of anilines is 1. The van der Waals surface area contributed by atoms with Crippen LogP contribution in [0.1, 0.15) is 5.56 Å². The highest BCUT2D eigenvalue weighted by Gasteiger charge is 2.19. The number of sulfonamides is 1. The Labute approximate surface area is 185 Å². The van der Waals surface area contributed by atoms with E-state index in [1.165, 1.54) is 38.0 Å². The number of aryl methyl sites for hydroxylation is 1. The van der Waals surface area contributed by atoms with Gasteiger partial charge in [-0.2, -0.15) is 0 Å². The van der Waals surface area contributed by atoms with Gasteiger partial charge in [0.25, 0.3) is 0 Å². The van der Waals surface area contributed by atoms with E-state index in [9.17, 15) is 13.2 Å². The number of methoxy groups -OCH3 is 1. The first kappa shape index (κ1) is 22.8. The quantitative estimate of drug-likeness (QED) is 0.514. The molecule has 11 heteroatoms. The molecule has 1 N–H and O–H groups in total. The number of carbonyl (C=O) groups excluding carboxylic acids is 1. The number of nitrogens with zero attached hydrogens (tertiary/aromatic N) is 4. The van der Waals surface area contributed by atoms with Gasteiger partial charge in [0.05, 0.1) is 23.4 Å². The molecule has 0 radical (unpaired) electrons. The summed E-state index contributed by atoms with van der Waals surface area (Å²) in [7, 11) is 0.914. The van der Waals surface area contributed by atoms with E-state index < -0.39 is 10.0 Å². The largest absolute Gasteiger partial charge is 0.497 e. The predicted octanol–water partition coefficient (Wildman–Crippen LogP) is 2.57. The number of hydrogen-bond acceptors (Lipinski definition) is 7. The third-order valence-electron chi connectivity index (χ3n) is 4.44. The van der Waals surface area contributed by atoms with E-state index in [4.69, 9.17) is 4.74 Å². The van der Waals surface area contributed by atoms with E-state index in [1.807, 2.05) is 24.3 Å². The molecule has 0 aliphatic carbocycles. The molecule has 0 saturated heterocycles. The van der Waals surface area contributed by atoms with Crippen molar-refractivity contribution in [1.82, 2.24) is 19.1 Å². The number of aromatic nitrogens is 3. The molecule has 9 nitrogen and oxygen atoms in total. The molecule has 0 atom stereocenters. The Morgan fingerprint density at radius 1 is 1.23 bits per heavy atom. The fourth-order valence-corrected chi connectivity index (χ4v) is 4.34. The second-order valence-electron chi connectivity index (χ2n) is 6.79. The van der Waals surface area contributed by atoms with Gasteiger partial charge >= 0.3 is 0 Å². The molecule has 1 heterocycles. The monoisotopic (exact) mass is 461 g/mol. The van der Waals surface area contributed by atoms with Crippen molar-refractivity contribution in [2.75, 3.05) is 32.3 Å². The topological polar surface area (TPSA) is 106 Å². The molecule has 0 unspecified atom stereocenters. The fraction of sp³-hybridized carbons (Fsp3) is 0.250. The third-order valence-corrected chi connectivity index (χ3v) is 7.20. The molecular formula is C20H23N5O4S2. The van der Waals surface area contributed by atoms with Crippen molar-refractivity contribution in [2.24, 2.45) is 0 Å². The molecule has 0 saturated carbocycles. The van der Waals surface area contributed by atoms with Crippen molar-refractivity contribution in [3.05, 3.63) is 54.4 Å². The average Bonchev–Trinajstić information content (AvgIpc) is 3.22. The summed E-state index contributed by atoms with van der Waals surface area (Å²) in [4.78, 5) is 12.6. The first-order valence-corrected chi connectivity index (χ1v) is 11.6. The number of thioether (sulfide) groups is 1. The summed E-state index contributed by atoms with van der Waals surface area (Å²) >= 11 is 1.22. The first-order valence-electron chi connectivity index (χ1n) is 9.22. The highest BCUT2D eigenvalue weighted by Crippen LogP contribution is 2.24. The summed E-state index contributed by atoms with van der Waals surface area (Å²) in [6.45, 7) is 1.80. The van der Waals surface area contributed by atoms with Crippen molar-refractivity contribution < 1.29 is 17.9 Å². The molecule has 0 fully saturated rings. The van der Waals surface area contributed by atoms with Crippen LogP contribution in [0, 0.1) is 6.92 Å². The zero-order chi connectivity index (χ0) is 22.6. The van der Waals surface area contributed by atoms with Gasteiger partial charge in [0.2, 0.25) is 15.9 Å². The summed E-state index contributed by atoms with van der Waals surface area (Å²) in [5.74, 6) is 0.489. The van der Waals surface area contributed by atoms with Gasteiger partial charge in [0, 0.05) is 25.8 Å². The lowest BCUT2D eigenvalue weighted by Crippen LogP contribution is -2.22. The van der Waals surface area contributed by atoms with Crippen molar-refractivity contribution in [3.8, 4) is 11.4 Å². The van der Waals surface area contributed by atoms with Crippen LogP contribution in [-0.4, -0.2) is 60.4 Å². The smallest absolute Gasteiger partial charge is 0.242 e. The van der Waals surface area contributed by atoms with Gasteiger partial charge < -0.3 is 10.1 Å². The lowest BCUT2D eigenvalue weighted by Gasteiger charge is -2.14. The zero-order valence-corrected chi connectivity index (χ0v) is 19.2. The predicted molar refractivity (Wildman–Crippen MR) is 119 cm³/mol. The normalized spacial score (nSPS) is 11.5. The number of benzene rings is 2. The number of carbonyl (C=O) groups is 1. The molecule has 1 amide bonds. The van der Waals surface area contributed by atoms with Gasteiger partial charge in [-0.1, -0.05) is 23.9 Å². The Morgan fingerprint density at radius 3 is 2.71 bits per heavy atom. The second kappa shape index (κ2) is 9.50. The molecule has 2 aromatic carbocycles. The highest BCUT2D eigenvalue weighted by atomic mass is 32.2. The maximum atomic E-state index is 12.5. The van der Waals surface area contributed by atoms with Crippen LogP contribution in [-0.2, 0) is 14.8 Å². The Kier molecular flexibility index (Phi) is 6.98. The molecule has 0 spiro atoms. The minimum absolute atomic E-state index is 0.0762. The van der Waals surface area contributed by atoms with Gasteiger partial charge in [-0.25, -0.2) is 12.7 Å². The van der Waals surface area contributed by atoms with Gasteiger partial charge in [-0.15, -0.1) is 10.2 Å². The molecular weight excluding hydrogens is 438 g/mol. The van der Waals surface area contributed by atoms with Crippen molar-refractivity contribution in [2.45, 2.75) is 17.0 Å². The Bertz CT molecular complexity index is 1190. The number of ether oxygens (including phenoxy) is 1. The summed E-state index contributed by atoms with van der Waals surface area (Å²) in [5, 5.41) is 11.3. The summed E-state index contributed by atoms with van der Waals surface area (Å²) in [6.07, 6.45) is 1.56. The van der Waals surface area contributed by atoms with E-state index in [0.717, 1.165) is 15.6 Å². The van der Waals surface area contributed by atoms with Crippen LogP contribution in [0.4, 0.5) is 5.69 Å². The maximum Gasteiger partial charge on any atom is 0.242 e. The lowest BCUT2D eigenvalue weighted by atomic mass is 10.2. The number of hydrogen-bond donors (Lipinski definition) is 1. The Morgan fingerprint density at radius 2 is 2.00 bits per heavy atom. The van der Waals surface area contributed by atoms with Crippen LogP contribution in [0.5, 0.6) is 5.75 Å². The highest BCUT2D eigenvalue weighted by molar-refractivity contribution is 7.99. The molecule has 164 valence electrons. The molecule has 0 bridgehead atoms. The van der Waals surface area contributed by atoms with Crippen LogP contribution in [0.3, 0.4) is 0 Å². The van der Waals surface area contributed by atoms with E-state index in [1.54, 1.807) is 31.0 Å². The number of rotatable bonds is 8. The Hall–Kier alpha value is -2.89. The fourth-order valence-electron chi connectivity index (χ4n) is 2.68. The maximum absolute atomic E-state index is 12.5. The molecule has 31 heavy (non-hydrogen) atoms. The molecule has 0 aliphatic heterocycles. The van der Waals surface area contributed by atoms with Gasteiger partial charge in [0.15, 0.2) is 5.16 Å². The van der Waals surface area contributed by atoms with Crippen molar-refractivity contribution >= 4 is 33.4 Å². The van der Waals surface area contributed by atoms with Crippen LogP contribution >= 0.6 is 11.8 Å². The summed E-state index contributed by atoms with van der Waals surface area (Å²) in [5.41, 5.74) is 2.02. The molecule has 1 aromatic heterocycles. The Balaban J connectivity index is 1.72. The summed E-state index contributed by atoms with van der Waals surface area (Å²) in [6, 6.07) is 12.1. The van der Waals surface area contributed by atoms with Crippen LogP contribution in [0.15, 0.2) is 58.8 Å².